The molecule has 0 bridgehead atoms. The number of aromatic nitrogens is 4. The highest BCUT2D eigenvalue weighted by Crippen LogP contribution is 2.09. The van der Waals surface area contributed by atoms with Gasteiger partial charge in [-0.15, -0.1) is 5.10 Å². The lowest BCUT2D eigenvalue weighted by atomic mass is 10.3. The van der Waals surface area contributed by atoms with Gasteiger partial charge in [-0.3, -0.25) is 5.32 Å². The first-order valence-corrected chi connectivity index (χ1v) is 6.03. The van der Waals surface area contributed by atoms with Gasteiger partial charge >= 0.3 is 6.03 Å². The Balaban J connectivity index is 1.97. The van der Waals surface area contributed by atoms with Crippen LogP contribution in [0.25, 0.3) is 0 Å². The molecule has 0 spiro atoms. The van der Waals surface area contributed by atoms with Gasteiger partial charge in [0.1, 0.15) is 0 Å². The molecule has 1 aliphatic rings. The summed E-state index contributed by atoms with van der Waals surface area (Å²) < 4.78 is 5.28. The SMILES string of the molecule is CC(C)n1nnc(NC(=O)N2CCOC[C@@H]2C)n1. The fraction of sp³-hybridized carbons (Fsp3) is 0.800. The summed E-state index contributed by atoms with van der Waals surface area (Å²) in [4.78, 5) is 15.2. The second kappa shape index (κ2) is 5.30. The number of nitrogens with zero attached hydrogens (tertiary/aromatic N) is 5. The van der Waals surface area contributed by atoms with Gasteiger partial charge < -0.3 is 9.64 Å². The van der Waals surface area contributed by atoms with Crippen LogP contribution in [0, 0.1) is 0 Å². The van der Waals surface area contributed by atoms with E-state index in [1.165, 1.54) is 4.80 Å². The van der Waals surface area contributed by atoms with Gasteiger partial charge in [0.2, 0.25) is 0 Å². The Bertz CT molecular complexity index is 418. The van der Waals surface area contributed by atoms with Crippen LogP contribution in [0.1, 0.15) is 26.8 Å². The monoisotopic (exact) mass is 254 g/mol. The third-order valence-corrected chi connectivity index (χ3v) is 2.74. The predicted molar refractivity (Wildman–Crippen MR) is 64.2 cm³/mol. The number of carbonyl (C=O) groups excluding carboxylic acids is 1. The maximum atomic E-state index is 12.0. The van der Waals surface area contributed by atoms with Gasteiger partial charge in [-0.05, 0) is 26.0 Å². The van der Waals surface area contributed by atoms with E-state index in [0.29, 0.717) is 19.8 Å². The van der Waals surface area contributed by atoms with Crippen molar-refractivity contribution in [2.75, 3.05) is 25.1 Å². The first kappa shape index (κ1) is 12.7. The van der Waals surface area contributed by atoms with Crippen LogP contribution in [0.3, 0.4) is 0 Å². The second-order valence-electron chi connectivity index (χ2n) is 4.57. The number of hydrogen-bond acceptors (Lipinski definition) is 5. The topological polar surface area (TPSA) is 85.2 Å². The minimum atomic E-state index is -0.214. The minimum absolute atomic E-state index is 0.0545. The van der Waals surface area contributed by atoms with Crippen molar-refractivity contribution in [3.63, 3.8) is 0 Å². The van der Waals surface area contributed by atoms with Crippen molar-refractivity contribution in [3.8, 4) is 0 Å². The van der Waals surface area contributed by atoms with Crippen LogP contribution in [-0.4, -0.2) is 56.9 Å². The lowest BCUT2D eigenvalue weighted by molar-refractivity contribution is 0.0221. The van der Waals surface area contributed by atoms with Crippen molar-refractivity contribution in [1.29, 1.82) is 0 Å². The molecule has 0 saturated carbocycles. The molecule has 1 N–H and O–H groups in total. The summed E-state index contributed by atoms with van der Waals surface area (Å²) in [6.07, 6.45) is 0. The van der Waals surface area contributed by atoms with Crippen molar-refractivity contribution in [3.05, 3.63) is 0 Å². The van der Waals surface area contributed by atoms with E-state index in [1.54, 1.807) is 4.90 Å². The molecule has 1 saturated heterocycles. The standard InChI is InChI=1S/C10H18N6O2/c1-7(2)16-13-9(12-14-16)11-10(17)15-4-5-18-6-8(15)3/h7-8H,4-6H2,1-3H3,(H,11,13,17)/t8-/m0/s1. The minimum Gasteiger partial charge on any atom is -0.377 e. The highest BCUT2D eigenvalue weighted by molar-refractivity contribution is 5.87. The molecular formula is C10H18N6O2. The van der Waals surface area contributed by atoms with Gasteiger partial charge in [0.15, 0.2) is 0 Å². The molecule has 2 rings (SSSR count). The Labute approximate surface area is 105 Å². The summed E-state index contributed by atoms with van der Waals surface area (Å²) >= 11 is 0. The van der Waals surface area contributed by atoms with E-state index in [0.717, 1.165) is 0 Å². The molecule has 2 amide bonds. The fourth-order valence-corrected chi connectivity index (χ4v) is 1.69. The van der Waals surface area contributed by atoms with E-state index in [1.807, 2.05) is 20.8 Å². The third-order valence-electron chi connectivity index (χ3n) is 2.74. The van der Waals surface area contributed by atoms with Crippen LogP contribution >= 0.6 is 0 Å². The van der Waals surface area contributed by atoms with Crippen LogP contribution < -0.4 is 5.32 Å². The predicted octanol–water partition coefficient (Wildman–Crippen LogP) is 0.507. The number of tetrazole rings is 1. The molecule has 0 unspecified atom stereocenters. The number of amides is 2. The summed E-state index contributed by atoms with van der Waals surface area (Å²) in [6, 6.07) is -0.0431. The number of carbonyl (C=O) groups is 1. The third kappa shape index (κ3) is 2.76. The summed E-state index contributed by atoms with van der Waals surface area (Å²) in [5.41, 5.74) is 0. The highest BCUT2D eigenvalue weighted by Gasteiger charge is 2.24. The molecule has 1 aliphatic heterocycles. The number of urea groups is 1. The van der Waals surface area contributed by atoms with Gasteiger partial charge in [0, 0.05) is 6.54 Å². The maximum absolute atomic E-state index is 12.0. The zero-order valence-electron chi connectivity index (χ0n) is 10.8. The van der Waals surface area contributed by atoms with Crippen molar-refractivity contribution in [2.45, 2.75) is 32.9 Å². The Morgan fingerprint density at radius 1 is 1.56 bits per heavy atom. The van der Waals surface area contributed by atoms with Gasteiger partial charge in [-0.2, -0.15) is 4.80 Å². The Morgan fingerprint density at radius 2 is 2.33 bits per heavy atom. The number of anilines is 1. The van der Waals surface area contributed by atoms with E-state index in [2.05, 4.69) is 20.7 Å². The average molecular weight is 254 g/mol. The van der Waals surface area contributed by atoms with Crippen LogP contribution in [-0.2, 0) is 4.74 Å². The average Bonchev–Trinajstić information content (AvgIpc) is 2.78. The first-order chi connectivity index (χ1) is 8.58. The summed E-state index contributed by atoms with van der Waals surface area (Å²) in [5, 5.41) is 14.4. The molecule has 0 aliphatic carbocycles. The number of nitrogens with one attached hydrogen (secondary N) is 1. The first-order valence-electron chi connectivity index (χ1n) is 6.03. The number of rotatable bonds is 2. The van der Waals surface area contributed by atoms with Crippen molar-refractivity contribution in [2.24, 2.45) is 0 Å². The Hall–Kier alpha value is -1.70. The van der Waals surface area contributed by atoms with E-state index in [9.17, 15) is 4.79 Å². The molecule has 18 heavy (non-hydrogen) atoms. The van der Waals surface area contributed by atoms with Gasteiger partial charge in [0.05, 0.1) is 25.3 Å². The van der Waals surface area contributed by atoms with E-state index in [4.69, 9.17) is 4.74 Å². The zero-order valence-corrected chi connectivity index (χ0v) is 10.8. The van der Waals surface area contributed by atoms with E-state index < -0.39 is 0 Å². The smallest absolute Gasteiger partial charge is 0.324 e. The second-order valence-corrected chi connectivity index (χ2v) is 4.57. The zero-order chi connectivity index (χ0) is 13.1. The molecule has 1 aromatic rings. The summed E-state index contributed by atoms with van der Waals surface area (Å²) in [6.45, 7) is 7.51. The van der Waals surface area contributed by atoms with Crippen LogP contribution in [0.15, 0.2) is 0 Å². The van der Waals surface area contributed by atoms with Gasteiger partial charge in [-0.1, -0.05) is 5.10 Å². The molecular weight excluding hydrogens is 236 g/mol. The van der Waals surface area contributed by atoms with E-state index in [-0.39, 0.29) is 24.1 Å². The highest BCUT2D eigenvalue weighted by atomic mass is 16.5. The molecule has 1 atom stereocenters. The quantitative estimate of drug-likeness (QED) is 0.831. The lowest BCUT2D eigenvalue weighted by Gasteiger charge is -2.32. The van der Waals surface area contributed by atoms with Crippen LogP contribution in [0.4, 0.5) is 10.7 Å². The Kier molecular flexibility index (Phi) is 3.75. The van der Waals surface area contributed by atoms with Crippen molar-refractivity contribution < 1.29 is 9.53 Å². The molecule has 1 fully saturated rings. The molecule has 8 nitrogen and oxygen atoms in total. The summed E-state index contributed by atoms with van der Waals surface area (Å²) in [7, 11) is 0. The molecule has 0 radical (unpaired) electrons. The fourth-order valence-electron chi connectivity index (χ4n) is 1.69. The van der Waals surface area contributed by atoms with E-state index >= 15 is 0 Å². The summed E-state index contributed by atoms with van der Waals surface area (Å²) in [5.74, 6) is 0.229. The van der Waals surface area contributed by atoms with Gasteiger partial charge in [-0.25, -0.2) is 4.79 Å². The molecule has 1 aromatic heterocycles. The van der Waals surface area contributed by atoms with Crippen LogP contribution in [0.5, 0.6) is 0 Å². The maximum Gasteiger partial charge on any atom is 0.324 e. The number of ether oxygens (including phenoxy) is 1. The molecule has 2 heterocycles. The molecule has 100 valence electrons. The van der Waals surface area contributed by atoms with Crippen LogP contribution in [0.2, 0.25) is 0 Å². The molecule has 8 heteroatoms. The number of morpholine rings is 1. The van der Waals surface area contributed by atoms with Crippen molar-refractivity contribution >= 4 is 12.0 Å². The Morgan fingerprint density at radius 3 is 2.94 bits per heavy atom. The lowest BCUT2D eigenvalue weighted by Crippen LogP contribution is -2.49. The largest absolute Gasteiger partial charge is 0.377 e. The molecule has 0 aromatic carbocycles. The van der Waals surface area contributed by atoms with Crippen molar-refractivity contribution in [1.82, 2.24) is 25.1 Å². The van der Waals surface area contributed by atoms with Gasteiger partial charge in [0.25, 0.3) is 5.95 Å². The number of hydrogen-bond donors (Lipinski definition) is 1. The normalized spacial score (nSPS) is 20.2.